The third-order valence-electron chi connectivity index (χ3n) is 3.03. The molecule has 0 N–H and O–H groups in total. The van der Waals surface area contributed by atoms with E-state index in [2.05, 4.69) is 42.5 Å². The standard InChI is InChI=1S/C14H18Si/c1-3-7-13(8-4-1)11-12-15-14-9-5-2-6-10-14/h1-3,5-6,9-10,13H,4,7-8,11-12H2. The van der Waals surface area contributed by atoms with Crippen LogP contribution in [0.25, 0.3) is 0 Å². The number of hydrogen-bond acceptors (Lipinski definition) is 0. The van der Waals surface area contributed by atoms with Gasteiger partial charge in [-0.05, 0) is 25.2 Å². The SMILES string of the molecule is C1=CCC(CC[Si]c2ccccc2)CC1. The van der Waals surface area contributed by atoms with Crippen LogP contribution in [0, 0.1) is 5.92 Å². The molecule has 0 aromatic heterocycles. The fourth-order valence-electron chi connectivity index (χ4n) is 2.10. The average Bonchev–Trinajstić information content (AvgIpc) is 2.32. The highest BCUT2D eigenvalue weighted by Gasteiger charge is 2.09. The van der Waals surface area contributed by atoms with Gasteiger partial charge in [-0.25, -0.2) is 0 Å². The molecule has 1 unspecified atom stereocenters. The summed E-state index contributed by atoms with van der Waals surface area (Å²) in [5.41, 5.74) is 0. The Bertz CT molecular complexity index is 302. The van der Waals surface area contributed by atoms with Crippen molar-refractivity contribution in [3.05, 3.63) is 42.5 Å². The summed E-state index contributed by atoms with van der Waals surface area (Å²) in [4.78, 5) is 0. The van der Waals surface area contributed by atoms with Gasteiger partial charge >= 0.3 is 0 Å². The van der Waals surface area contributed by atoms with Crippen LogP contribution in [0.4, 0.5) is 0 Å². The molecule has 0 aliphatic heterocycles. The lowest BCUT2D eigenvalue weighted by atomic mass is 9.92. The van der Waals surface area contributed by atoms with Crippen molar-refractivity contribution in [2.75, 3.05) is 0 Å². The predicted molar refractivity (Wildman–Crippen MR) is 67.7 cm³/mol. The predicted octanol–water partition coefficient (Wildman–Crippen LogP) is 3.18. The van der Waals surface area contributed by atoms with Crippen LogP contribution in [-0.4, -0.2) is 9.52 Å². The zero-order valence-corrected chi connectivity index (χ0v) is 10.2. The summed E-state index contributed by atoms with van der Waals surface area (Å²) in [6.45, 7) is 0. The number of hydrogen-bond donors (Lipinski definition) is 0. The molecule has 0 bridgehead atoms. The first-order chi connectivity index (χ1) is 7.45. The fourth-order valence-corrected chi connectivity index (χ4v) is 3.36. The molecular formula is C14H18Si. The Morgan fingerprint density at radius 1 is 1.13 bits per heavy atom. The van der Waals surface area contributed by atoms with Crippen molar-refractivity contribution in [1.29, 1.82) is 0 Å². The maximum atomic E-state index is 2.36. The molecule has 0 saturated carbocycles. The minimum absolute atomic E-state index is 0.964. The smallest absolute Gasteiger partial charge is 0.0808 e. The molecule has 1 aliphatic carbocycles. The summed E-state index contributed by atoms with van der Waals surface area (Å²) in [7, 11) is 1.00. The minimum Gasteiger partial charge on any atom is -0.0885 e. The van der Waals surface area contributed by atoms with Crippen LogP contribution < -0.4 is 5.19 Å². The lowest BCUT2D eigenvalue weighted by Gasteiger charge is -2.16. The molecule has 1 aromatic rings. The van der Waals surface area contributed by atoms with Gasteiger partial charge in [-0.3, -0.25) is 0 Å². The van der Waals surface area contributed by atoms with E-state index in [0.29, 0.717) is 0 Å². The number of rotatable bonds is 4. The molecule has 1 aliphatic rings. The van der Waals surface area contributed by atoms with Crippen LogP contribution in [0.15, 0.2) is 42.5 Å². The Kier molecular flexibility index (Phi) is 4.21. The van der Waals surface area contributed by atoms with E-state index in [4.69, 9.17) is 0 Å². The Hall–Kier alpha value is -0.823. The Morgan fingerprint density at radius 3 is 2.73 bits per heavy atom. The van der Waals surface area contributed by atoms with Crippen LogP contribution in [0.2, 0.25) is 6.04 Å². The second-order valence-corrected chi connectivity index (χ2v) is 5.66. The third-order valence-corrected chi connectivity index (χ3v) is 4.31. The Morgan fingerprint density at radius 2 is 2.00 bits per heavy atom. The van der Waals surface area contributed by atoms with Crippen LogP contribution in [0.1, 0.15) is 25.7 Å². The molecule has 0 saturated heterocycles. The van der Waals surface area contributed by atoms with Gasteiger partial charge < -0.3 is 0 Å². The molecule has 1 heteroatoms. The van der Waals surface area contributed by atoms with E-state index in [1.54, 1.807) is 0 Å². The van der Waals surface area contributed by atoms with Crippen molar-refractivity contribution in [3.8, 4) is 0 Å². The summed E-state index contributed by atoms with van der Waals surface area (Å²) < 4.78 is 0. The van der Waals surface area contributed by atoms with Gasteiger partial charge in [0.15, 0.2) is 0 Å². The molecule has 0 spiro atoms. The quantitative estimate of drug-likeness (QED) is 0.533. The molecule has 2 radical (unpaired) electrons. The average molecular weight is 214 g/mol. The summed E-state index contributed by atoms with van der Waals surface area (Å²) in [6.07, 6.45) is 10.1. The van der Waals surface area contributed by atoms with Crippen molar-refractivity contribution in [1.82, 2.24) is 0 Å². The van der Waals surface area contributed by atoms with Gasteiger partial charge in [0, 0.05) is 0 Å². The first-order valence-corrected chi connectivity index (χ1v) is 7.10. The zero-order valence-electron chi connectivity index (χ0n) is 9.15. The molecule has 1 atom stereocenters. The summed E-state index contributed by atoms with van der Waals surface area (Å²) in [6, 6.07) is 12.3. The van der Waals surface area contributed by atoms with Crippen molar-refractivity contribution in [2.45, 2.75) is 31.7 Å². The molecule has 0 fully saturated rings. The number of benzene rings is 1. The van der Waals surface area contributed by atoms with Crippen LogP contribution in [0.3, 0.4) is 0 Å². The van der Waals surface area contributed by atoms with Crippen LogP contribution >= 0.6 is 0 Å². The molecule has 0 amide bonds. The highest BCUT2D eigenvalue weighted by Crippen LogP contribution is 2.22. The Labute approximate surface area is 95.2 Å². The van der Waals surface area contributed by atoms with Gasteiger partial charge in [-0.1, -0.05) is 60.1 Å². The van der Waals surface area contributed by atoms with E-state index in [1.807, 2.05) is 0 Å². The third kappa shape index (κ3) is 3.67. The van der Waals surface area contributed by atoms with E-state index >= 15 is 0 Å². The van der Waals surface area contributed by atoms with E-state index in [0.717, 1.165) is 15.4 Å². The topological polar surface area (TPSA) is 0 Å². The van der Waals surface area contributed by atoms with Gasteiger partial charge in [0.2, 0.25) is 0 Å². The molecule has 2 rings (SSSR count). The minimum atomic E-state index is 0.964. The number of allylic oxidation sites excluding steroid dienone is 2. The van der Waals surface area contributed by atoms with E-state index in [-0.39, 0.29) is 0 Å². The zero-order chi connectivity index (χ0) is 10.3. The molecule has 0 nitrogen and oxygen atoms in total. The first-order valence-electron chi connectivity index (χ1n) is 5.89. The van der Waals surface area contributed by atoms with Gasteiger partial charge in [-0.2, -0.15) is 0 Å². The lowest BCUT2D eigenvalue weighted by Crippen LogP contribution is -2.14. The first kappa shape index (κ1) is 10.7. The van der Waals surface area contributed by atoms with E-state index in [1.165, 1.54) is 36.9 Å². The lowest BCUT2D eigenvalue weighted by molar-refractivity contribution is 0.465. The molecule has 78 valence electrons. The second-order valence-electron chi connectivity index (χ2n) is 4.23. The van der Waals surface area contributed by atoms with Crippen LogP contribution in [0.5, 0.6) is 0 Å². The fraction of sp³-hybridized carbons (Fsp3) is 0.429. The molecule has 15 heavy (non-hydrogen) atoms. The summed E-state index contributed by atoms with van der Waals surface area (Å²) >= 11 is 0. The monoisotopic (exact) mass is 214 g/mol. The van der Waals surface area contributed by atoms with Crippen molar-refractivity contribution in [3.63, 3.8) is 0 Å². The van der Waals surface area contributed by atoms with E-state index < -0.39 is 0 Å². The van der Waals surface area contributed by atoms with Crippen molar-refractivity contribution >= 4 is 14.7 Å². The highest BCUT2D eigenvalue weighted by atomic mass is 28.2. The summed E-state index contributed by atoms with van der Waals surface area (Å²) in [5.74, 6) is 0.964. The second kappa shape index (κ2) is 5.91. The van der Waals surface area contributed by atoms with Gasteiger partial charge in [0.25, 0.3) is 0 Å². The van der Waals surface area contributed by atoms with E-state index in [9.17, 15) is 0 Å². The van der Waals surface area contributed by atoms with Crippen molar-refractivity contribution < 1.29 is 0 Å². The van der Waals surface area contributed by atoms with Gasteiger partial charge in [-0.15, -0.1) is 0 Å². The van der Waals surface area contributed by atoms with Crippen molar-refractivity contribution in [2.24, 2.45) is 5.92 Å². The maximum absolute atomic E-state index is 2.36. The van der Waals surface area contributed by atoms with Crippen LogP contribution in [-0.2, 0) is 0 Å². The molecule has 1 aromatic carbocycles. The summed E-state index contributed by atoms with van der Waals surface area (Å²) in [5, 5.41) is 1.52. The van der Waals surface area contributed by atoms with Gasteiger partial charge in [0.05, 0.1) is 9.52 Å². The largest absolute Gasteiger partial charge is 0.0885 e. The van der Waals surface area contributed by atoms with Gasteiger partial charge in [0.1, 0.15) is 0 Å². The molecular weight excluding hydrogens is 196 g/mol. The Balaban J connectivity index is 1.68. The normalized spacial score (nSPS) is 20.4. The maximum Gasteiger partial charge on any atom is 0.0808 e. The molecule has 0 heterocycles. The highest BCUT2D eigenvalue weighted by molar-refractivity contribution is 6.53.